The molecule has 46 heavy (non-hydrogen) atoms. The average Bonchev–Trinajstić information content (AvgIpc) is 3.92. The van der Waals surface area contributed by atoms with Crippen molar-refractivity contribution in [2.24, 2.45) is 0 Å². The first-order valence-electron chi connectivity index (χ1n) is 15.4. The first-order chi connectivity index (χ1) is 21.8. The zero-order valence-electron chi connectivity index (χ0n) is 25.7. The lowest BCUT2D eigenvalue weighted by Gasteiger charge is -2.42. The second-order valence-corrected chi connectivity index (χ2v) is 14.2. The van der Waals surface area contributed by atoms with Crippen molar-refractivity contribution in [3.05, 3.63) is 95.1 Å². The van der Waals surface area contributed by atoms with Crippen LogP contribution < -0.4 is 10.2 Å². The van der Waals surface area contributed by atoms with E-state index in [1.165, 1.54) is 24.3 Å². The zero-order chi connectivity index (χ0) is 33.2. The maximum atomic E-state index is 13.6. The van der Waals surface area contributed by atoms with Crippen molar-refractivity contribution >= 4 is 27.3 Å². The van der Waals surface area contributed by atoms with Crippen LogP contribution in [0.5, 0.6) is 0 Å². The first kappa shape index (κ1) is 33.5. The van der Waals surface area contributed by atoms with E-state index in [0.717, 1.165) is 30.5 Å². The largest absolute Gasteiger partial charge is 0.416 e. The second-order valence-electron chi connectivity index (χ2n) is 12.0. The van der Waals surface area contributed by atoms with E-state index in [9.17, 15) is 36.3 Å². The van der Waals surface area contributed by atoms with E-state index in [4.69, 9.17) is 0 Å². The quantitative estimate of drug-likeness (QED) is 0.305. The van der Waals surface area contributed by atoms with E-state index >= 15 is 0 Å². The molecule has 2 fully saturated rings. The van der Waals surface area contributed by atoms with Gasteiger partial charge in [-0.1, -0.05) is 31.2 Å². The molecule has 0 aromatic heterocycles. The summed E-state index contributed by atoms with van der Waals surface area (Å²) in [5, 5.41) is 12.8. The number of aliphatic hydroxyl groups is 1. The molecule has 1 saturated heterocycles. The number of amides is 2. The molecule has 5 rings (SSSR count). The number of piperidine rings is 1. The zero-order valence-corrected chi connectivity index (χ0v) is 26.5. The van der Waals surface area contributed by atoms with Gasteiger partial charge in [0.15, 0.2) is 9.84 Å². The predicted octanol–water partition coefficient (Wildman–Crippen LogP) is 5.34. The number of hydrogen-bond donors (Lipinski definition) is 2. The molecule has 8 nitrogen and oxygen atoms in total. The number of anilines is 1. The number of rotatable bonds is 10. The number of halogens is 3. The van der Waals surface area contributed by atoms with Crippen molar-refractivity contribution in [1.29, 1.82) is 0 Å². The average molecular weight is 658 g/mol. The van der Waals surface area contributed by atoms with Crippen LogP contribution in [0.25, 0.3) is 0 Å². The van der Waals surface area contributed by atoms with Crippen LogP contribution in [0.4, 0.5) is 18.9 Å². The molecule has 1 aliphatic carbocycles. The van der Waals surface area contributed by atoms with E-state index in [1.807, 2.05) is 4.90 Å². The van der Waals surface area contributed by atoms with E-state index in [-0.39, 0.29) is 28.5 Å². The highest BCUT2D eigenvalue weighted by molar-refractivity contribution is 7.91. The maximum absolute atomic E-state index is 13.6. The number of nitrogens with one attached hydrogen (secondary N) is 1. The van der Waals surface area contributed by atoms with Gasteiger partial charge >= 0.3 is 6.18 Å². The van der Waals surface area contributed by atoms with Crippen LogP contribution in [0, 0.1) is 0 Å². The third kappa shape index (κ3) is 7.39. The number of carbonyl (C=O) groups is 2. The molecule has 0 spiro atoms. The molecule has 3 aromatic carbocycles. The molecule has 1 heterocycles. The Morgan fingerprint density at radius 2 is 1.59 bits per heavy atom. The molecular weight excluding hydrogens is 619 g/mol. The number of aliphatic hydroxyl groups excluding tert-OH is 1. The van der Waals surface area contributed by atoms with Gasteiger partial charge in [-0.15, -0.1) is 0 Å². The molecule has 2 aliphatic rings. The highest BCUT2D eigenvalue weighted by Gasteiger charge is 2.39. The van der Waals surface area contributed by atoms with Crippen molar-refractivity contribution < 1.29 is 36.3 Å². The lowest BCUT2D eigenvalue weighted by Crippen LogP contribution is -2.52. The minimum atomic E-state index is -4.42. The van der Waals surface area contributed by atoms with Crippen molar-refractivity contribution in [2.45, 2.75) is 67.7 Å². The highest BCUT2D eigenvalue weighted by Crippen LogP contribution is 2.37. The molecule has 0 radical (unpaired) electrons. The summed E-state index contributed by atoms with van der Waals surface area (Å²) in [4.78, 5) is 30.6. The Kier molecular flexibility index (Phi) is 9.78. The molecule has 1 unspecified atom stereocenters. The highest BCUT2D eigenvalue weighted by atomic mass is 32.2. The number of nitrogens with zero attached hydrogens (tertiary/aromatic N) is 2. The molecular formula is C34H38F3N3O5S. The fraction of sp³-hybridized carbons (Fsp3) is 0.412. The third-order valence-corrected chi connectivity index (χ3v) is 10.7. The van der Waals surface area contributed by atoms with Gasteiger partial charge in [0.1, 0.15) is 6.04 Å². The smallest absolute Gasteiger partial charge is 0.394 e. The summed E-state index contributed by atoms with van der Waals surface area (Å²) in [6.45, 7) is 1.57. The number of carbonyl (C=O) groups excluding carboxylic acids is 2. The van der Waals surface area contributed by atoms with E-state index in [1.54, 1.807) is 55.3 Å². The van der Waals surface area contributed by atoms with Gasteiger partial charge in [0, 0.05) is 36.8 Å². The maximum Gasteiger partial charge on any atom is 0.416 e. The van der Waals surface area contributed by atoms with Crippen LogP contribution in [-0.2, 0) is 20.8 Å². The summed E-state index contributed by atoms with van der Waals surface area (Å²) in [6.07, 6.45) is -1.32. The van der Waals surface area contributed by atoms with Crippen molar-refractivity contribution in [3.63, 3.8) is 0 Å². The molecule has 3 atom stereocenters. The van der Waals surface area contributed by atoms with E-state index in [0.29, 0.717) is 36.2 Å². The molecule has 12 heteroatoms. The van der Waals surface area contributed by atoms with Gasteiger partial charge in [-0.3, -0.25) is 9.59 Å². The minimum Gasteiger partial charge on any atom is -0.394 e. The fourth-order valence-corrected chi connectivity index (χ4v) is 6.84. The van der Waals surface area contributed by atoms with Crippen LogP contribution in [0.2, 0.25) is 0 Å². The lowest BCUT2D eigenvalue weighted by molar-refractivity contribution is -0.137. The number of benzene rings is 3. The Labute approximate surface area is 267 Å². The van der Waals surface area contributed by atoms with Crippen molar-refractivity contribution in [2.75, 3.05) is 30.9 Å². The van der Waals surface area contributed by atoms with Gasteiger partial charge in [-0.25, -0.2) is 8.42 Å². The Morgan fingerprint density at radius 1 is 0.957 bits per heavy atom. The van der Waals surface area contributed by atoms with Crippen LogP contribution in [0.3, 0.4) is 0 Å². The number of hydrogen-bond acceptors (Lipinski definition) is 6. The molecule has 2 N–H and O–H groups in total. The van der Waals surface area contributed by atoms with Gasteiger partial charge in [0.2, 0.25) is 5.91 Å². The van der Waals surface area contributed by atoms with E-state index < -0.39 is 46.2 Å². The van der Waals surface area contributed by atoms with Crippen molar-refractivity contribution in [3.8, 4) is 0 Å². The van der Waals surface area contributed by atoms with Gasteiger partial charge in [0.05, 0.1) is 28.9 Å². The SMILES string of the molecule is CCS(=O)(=O)c1ccc([C@H](CO)NC(=O)c2ccc(N3CC(c4ccc(C(F)(F)F)cc4)CC[C@H]3C(=O)N(C)C3CC3)cc2)cc1. The van der Waals surface area contributed by atoms with Crippen LogP contribution in [0.15, 0.2) is 77.7 Å². The lowest BCUT2D eigenvalue weighted by atomic mass is 9.86. The summed E-state index contributed by atoms with van der Waals surface area (Å²) >= 11 is 0. The topological polar surface area (TPSA) is 107 Å². The van der Waals surface area contributed by atoms with Gasteiger partial charge in [-0.2, -0.15) is 13.2 Å². The Morgan fingerprint density at radius 3 is 2.13 bits per heavy atom. The molecule has 3 aromatic rings. The Bertz CT molecular complexity index is 1640. The van der Waals surface area contributed by atoms with Crippen LogP contribution in [-0.4, -0.2) is 68.3 Å². The molecule has 246 valence electrons. The first-order valence-corrected chi connectivity index (χ1v) is 17.0. The number of alkyl halides is 3. The predicted molar refractivity (Wildman–Crippen MR) is 168 cm³/mol. The third-order valence-electron chi connectivity index (χ3n) is 8.99. The summed E-state index contributed by atoms with van der Waals surface area (Å²) < 4.78 is 63.7. The summed E-state index contributed by atoms with van der Waals surface area (Å²) in [5.41, 5.74) is 1.64. The molecule has 1 aliphatic heterocycles. The summed E-state index contributed by atoms with van der Waals surface area (Å²) in [6, 6.07) is 17.0. The summed E-state index contributed by atoms with van der Waals surface area (Å²) in [5.74, 6) is -0.580. The van der Waals surface area contributed by atoms with Crippen molar-refractivity contribution in [1.82, 2.24) is 10.2 Å². The Balaban J connectivity index is 1.33. The van der Waals surface area contributed by atoms with Crippen LogP contribution >= 0.6 is 0 Å². The normalized spacial score (nSPS) is 19.4. The standard InChI is InChI=1S/C34H38F3N3O5S/c1-3-46(44,45)29-17-8-23(9-18-29)30(21-41)38-32(42)24-6-13-28(14-7-24)40-20-25(22-4-11-26(12-5-22)34(35,36)37)10-19-31(40)33(43)39(2)27-15-16-27/h4-9,11-14,17-18,25,27,30-31,41H,3,10,15-16,19-21H2,1-2H3,(H,38,42)/t25?,30-,31-/m0/s1. The fourth-order valence-electron chi connectivity index (χ4n) is 5.96. The molecule has 2 amide bonds. The summed E-state index contributed by atoms with van der Waals surface area (Å²) in [7, 11) is -1.58. The Hall–Kier alpha value is -3.90. The van der Waals surface area contributed by atoms with Gasteiger partial charge < -0.3 is 20.2 Å². The molecule has 1 saturated carbocycles. The second kappa shape index (κ2) is 13.4. The minimum absolute atomic E-state index is 0.00117. The monoisotopic (exact) mass is 657 g/mol. The van der Waals surface area contributed by atoms with Gasteiger partial charge in [0.25, 0.3) is 5.91 Å². The number of likely N-dealkylation sites (N-methyl/N-ethyl adjacent to an activating group) is 1. The molecule has 0 bridgehead atoms. The van der Waals surface area contributed by atoms with E-state index in [2.05, 4.69) is 5.32 Å². The van der Waals surface area contributed by atoms with Gasteiger partial charge in [-0.05, 0) is 85.3 Å². The number of sulfone groups is 1. The van der Waals surface area contributed by atoms with Crippen LogP contribution in [0.1, 0.15) is 71.6 Å².